The van der Waals surface area contributed by atoms with E-state index in [4.69, 9.17) is 9.47 Å². The number of ether oxygens (including phenoxy) is 2. The fourth-order valence-corrected chi connectivity index (χ4v) is 3.86. The monoisotopic (exact) mass is 395 g/mol. The number of carbonyl (C=O) groups is 2. The number of anilines is 3. The molecule has 0 spiro atoms. The van der Waals surface area contributed by atoms with Crippen LogP contribution in [0, 0.1) is 5.92 Å². The molecule has 2 amide bonds. The Morgan fingerprint density at radius 3 is 2.52 bits per heavy atom. The van der Waals surface area contributed by atoms with Crippen molar-refractivity contribution in [2.75, 3.05) is 55.1 Å². The molecule has 0 radical (unpaired) electrons. The second kappa shape index (κ2) is 8.53. The summed E-state index contributed by atoms with van der Waals surface area (Å²) >= 11 is 0. The Morgan fingerprint density at radius 2 is 1.76 bits per heavy atom. The van der Waals surface area contributed by atoms with Crippen LogP contribution in [0.3, 0.4) is 0 Å². The van der Waals surface area contributed by atoms with Gasteiger partial charge >= 0.3 is 0 Å². The van der Waals surface area contributed by atoms with Crippen LogP contribution in [-0.2, 0) is 14.3 Å². The average Bonchev–Trinajstić information content (AvgIpc) is 3.16. The number of para-hydroxylation sites is 4. The number of benzene rings is 2. The molecule has 1 unspecified atom stereocenters. The topological polar surface area (TPSA) is 71.1 Å². The quantitative estimate of drug-likeness (QED) is 0.842. The highest BCUT2D eigenvalue weighted by Crippen LogP contribution is 2.35. The Kier molecular flexibility index (Phi) is 5.67. The molecular formula is C22H25N3O4. The van der Waals surface area contributed by atoms with E-state index in [0.717, 1.165) is 24.5 Å². The molecule has 152 valence electrons. The molecule has 0 aromatic heterocycles. The molecule has 0 bridgehead atoms. The summed E-state index contributed by atoms with van der Waals surface area (Å²) in [4.78, 5) is 29.6. The zero-order chi connectivity index (χ0) is 20.2. The van der Waals surface area contributed by atoms with Gasteiger partial charge in [-0.1, -0.05) is 24.3 Å². The molecule has 2 aromatic carbocycles. The van der Waals surface area contributed by atoms with Crippen LogP contribution in [-0.4, -0.2) is 51.8 Å². The van der Waals surface area contributed by atoms with Crippen molar-refractivity contribution >= 4 is 28.9 Å². The van der Waals surface area contributed by atoms with Crippen molar-refractivity contribution in [2.45, 2.75) is 6.42 Å². The molecule has 1 N–H and O–H groups in total. The van der Waals surface area contributed by atoms with Crippen LogP contribution in [0.4, 0.5) is 17.1 Å². The van der Waals surface area contributed by atoms with Crippen molar-refractivity contribution in [1.29, 1.82) is 0 Å². The molecule has 7 nitrogen and oxygen atoms in total. The molecule has 2 aromatic rings. The molecule has 2 fully saturated rings. The number of hydrogen-bond acceptors (Lipinski definition) is 5. The zero-order valence-electron chi connectivity index (χ0n) is 16.5. The van der Waals surface area contributed by atoms with Gasteiger partial charge in [0.1, 0.15) is 5.75 Å². The molecule has 7 heteroatoms. The summed E-state index contributed by atoms with van der Waals surface area (Å²) in [5.41, 5.74) is 2.47. The van der Waals surface area contributed by atoms with Crippen LogP contribution in [0.1, 0.15) is 6.42 Å². The van der Waals surface area contributed by atoms with Gasteiger partial charge in [0.2, 0.25) is 11.8 Å². The van der Waals surface area contributed by atoms with E-state index in [0.29, 0.717) is 31.2 Å². The average molecular weight is 395 g/mol. The lowest BCUT2D eigenvalue weighted by molar-refractivity contribution is -0.122. The lowest BCUT2D eigenvalue weighted by Crippen LogP contribution is -2.38. The van der Waals surface area contributed by atoms with Gasteiger partial charge in [-0.3, -0.25) is 9.59 Å². The number of rotatable bonds is 5. The van der Waals surface area contributed by atoms with Gasteiger partial charge in [-0.05, 0) is 24.3 Å². The second-order valence-electron chi connectivity index (χ2n) is 7.18. The summed E-state index contributed by atoms with van der Waals surface area (Å²) in [6.07, 6.45) is 0.193. The first kappa shape index (κ1) is 19.3. The normalized spacial score (nSPS) is 19.3. The van der Waals surface area contributed by atoms with Crippen molar-refractivity contribution in [2.24, 2.45) is 5.92 Å². The van der Waals surface area contributed by atoms with E-state index >= 15 is 0 Å². The standard InChI is InChI=1S/C22H25N3O4/c1-28-20-9-5-2-6-17(20)23-22(27)16-14-21(26)25(15-16)19-8-4-3-7-18(19)24-10-12-29-13-11-24/h2-9,16H,10-15H2,1H3,(H,23,27). The number of nitrogens with one attached hydrogen (secondary N) is 1. The number of morpholine rings is 1. The third kappa shape index (κ3) is 4.05. The lowest BCUT2D eigenvalue weighted by atomic mass is 10.1. The first-order valence-electron chi connectivity index (χ1n) is 9.83. The van der Waals surface area contributed by atoms with Crippen molar-refractivity contribution in [1.82, 2.24) is 0 Å². The number of methoxy groups -OCH3 is 1. The van der Waals surface area contributed by atoms with E-state index in [-0.39, 0.29) is 18.2 Å². The van der Waals surface area contributed by atoms with Crippen molar-refractivity contribution in [3.8, 4) is 5.75 Å². The van der Waals surface area contributed by atoms with Gasteiger partial charge in [0, 0.05) is 26.1 Å². The molecule has 0 aliphatic carbocycles. The van der Waals surface area contributed by atoms with E-state index in [1.54, 1.807) is 24.1 Å². The highest BCUT2D eigenvalue weighted by Gasteiger charge is 2.36. The predicted molar refractivity (Wildman–Crippen MR) is 112 cm³/mol. The SMILES string of the molecule is COc1ccccc1NC(=O)C1CC(=O)N(c2ccccc2N2CCOCC2)C1. The van der Waals surface area contributed by atoms with Crippen molar-refractivity contribution in [3.05, 3.63) is 48.5 Å². The number of hydrogen-bond donors (Lipinski definition) is 1. The maximum absolute atomic E-state index is 12.8. The van der Waals surface area contributed by atoms with Crippen molar-refractivity contribution in [3.63, 3.8) is 0 Å². The highest BCUT2D eigenvalue weighted by molar-refractivity contribution is 6.05. The van der Waals surface area contributed by atoms with Crippen LogP contribution >= 0.6 is 0 Å². The summed E-state index contributed by atoms with van der Waals surface area (Å²) in [6.45, 7) is 3.28. The number of carbonyl (C=O) groups excluding carboxylic acids is 2. The second-order valence-corrected chi connectivity index (χ2v) is 7.18. The summed E-state index contributed by atoms with van der Waals surface area (Å²) in [5, 5.41) is 2.90. The molecule has 4 rings (SSSR count). The maximum atomic E-state index is 12.8. The summed E-state index contributed by atoms with van der Waals surface area (Å²) in [5.74, 6) is -0.0232. The van der Waals surface area contributed by atoms with E-state index in [9.17, 15) is 9.59 Å². The van der Waals surface area contributed by atoms with E-state index in [1.165, 1.54) is 0 Å². The first-order chi connectivity index (χ1) is 14.2. The summed E-state index contributed by atoms with van der Waals surface area (Å²) in [7, 11) is 1.56. The van der Waals surface area contributed by atoms with Crippen molar-refractivity contribution < 1.29 is 19.1 Å². The Labute approximate surface area is 170 Å². The zero-order valence-corrected chi connectivity index (χ0v) is 16.5. The smallest absolute Gasteiger partial charge is 0.229 e. The van der Waals surface area contributed by atoms with Gasteiger partial charge in [0.05, 0.1) is 43.3 Å². The maximum Gasteiger partial charge on any atom is 0.229 e. The molecule has 2 saturated heterocycles. The van der Waals surface area contributed by atoms with Gasteiger partial charge in [-0.2, -0.15) is 0 Å². The Bertz CT molecular complexity index is 895. The largest absolute Gasteiger partial charge is 0.495 e. The van der Waals surface area contributed by atoms with E-state index in [2.05, 4.69) is 10.2 Å². The molecule has 29 heavy (non-hydrogen) atoms. The minimum absolute atomic E-state index is 0.0362. The van der Waals surface area contributed by atoms with Crippen LogP contribution in [0.2, 0.25) is 0 Å². The molecule has 2 aliphatic rings. The predicted octanol–water partition coefficient (Wildman–Crippen LogP) is 2.52. The van der Waals surface area contributed by atoms with Gasteiger partial charge in [0.15, 0.2) is 0 Å². The van der Waals surface area contributed by atoms with Crippen LogP contribution in [0.5, 0.6) is 5.75 Å². The molecule has 1 atom stereocenters. The molecule has 0 saturated carbocycles. The number of nitrogens with zero attached hydrogens (tertiary/aromatic N) is 2. The highest BCUT2D eigenvalue weighted by atomic mass is 16.5. The molecule has 2 aliphatic heterocycles. The molecule has 2 heterocycles. The fourth-order valence-electron chi connectivity index (χ4n) is 3.86. The van der Waals surface area contributed by atoms with E-state index < -0.39 is 5.92 Å². The van der Waals surface area contributed by atoms with Gasteiger partial charge in [-0.15, -0.1) is 0 Å². The molecular weight excluding hydrogens is 370 g/mol. The van der Waals surface area contributed by atoms with E-state index in [1.807, 2.05) is 36.4 Å². The Hall–Kier alpha value is -3.06. The Balaban J connectivity index is 1.50. The summed E-state index contributed by atoms with van der Waals surface area (Å²) in [6, 6.07) is 15.1. The first-order valence-corrected chi connectivity index (χ1v) is 9.83. The third-order valence-corrected chi connectivity index (χ3v) is 5.38. The minimum atomic E-state index is -0.412. The Morgan fingerprint density at radius 1 is 1.07 bits per heavy atom. The van der Waals surface area contributed by atoms with Gasteiger partial charge in [0.25, 0.3) is 0 Å². The van der Waals surface area contributed by atoms with Crippen LogP contribution < -0.4 is 19.9 Å². The summed E-state index contributed by atoms with van der Waals surface area (Å²) < 4.78 is 10.7. The van der Waals surface area contributed by atoms with Gasteiger partial charge < -0.3 is 24.6 Å². The number of amides is 2. The minimum Gasteiger partial charge on any atom is -0.495 e. The lowest BCUT2D eigenvalue weighted by Gasteiger charge is -2.32. The van der Waals surface area contributed by atoms with Crippen LogP contribution in [0.15, 0.2) is 48.5 Å². The van der Waals surface area contributed by atoms with Crippen LogP contribution in [0.25, 0.3) is 0 Å². The van der Waals surface area contributed by atoms with Gasteiger partial charge in [-0.25, -0.2) is 0 Å². The third-order valence-electron chi connectivity index (χ3n) is 5.38. The fraction of sp³-hybridized carbons (Fsp3) is 0.364.